The fourth-order valence-corrected chi connectivity index (χ4v) is 4.56. The highest BCUT2D eigenvalue weighted by molar-refractivity contribution is 7.89. The Morgan fingerprint density at radius 1 is 1.23 bits per heavy atom. The summed E-state index contributed by atoms with van der Waals surface area (Å²) in [6, 6.07) is 7.36. The zero-order valence-corrected chi connectivity index (χ0v) is 13.4. The smallest absolute Gasteiger partial charge is 0.266 e. The summed E-state index contributed by atoms with van der Waals surface area (Å²) < 4.78 is 37.9. The Hall–Kier alpha value is -1.44. The molecule has 0 aliphatic carbocycles. The Balaban J connectivity index is 1.96. The van der Waals surface area contributed by atoms with Gasteiger partial charge in [-0.25, -0.2) is 12.7 Å². The first-order valence-corrected chi connectivity index (χ1v) is 8.69. The van der Waals surface area contributed by atoms with Gasteiger partial charge in [0.15, 0.2) is 5.79 Å². The fraction of sp³-hybridized carbons (Fsp3) is 0.533. The average molecular weight is 325 g/mol. The molecule has 1 aromatic rings. The number of hydrogen-bond acceptors (Lipinski definition) is 5. The molecule has 2 fully saturated rings. The summed E-state index contributed by atoms with van der Waals surface area (Å²) in [6.07, 6.45) is 0.334. The number of piperidine rings is 1. The second kappa shape index (κ2) is 5.33. The molecular formula is C15H19NO5S. The van der Waals surface area contributed by atoms with Crippen LogP contribution >= 0.6 is 0 Å². The topological polar surface area (TPSA) is 72.9 Å². The van der Waals surface area contributed by atoms with Gasteiger partial charge in [0.25, 0.3) is 10.0 Å². The van der Waals surface area contributed by atoms with Crippen molar-refractivity contribution in [2.24, 2.45) is 0 Å². The van der Waals surface area contributed by atoms with Gasteiger partial charge in [0.1, 0.15) is 0 Å². The van der Waals surface area contributed by atoms with E-state index in [1.807, 2.05) is 0 Å². The Labute approximate surface area is 130 Å². The summed E-state index contributed by atoms with van der Waals surface area (Å²) in [7, 11) is -3.90. The number of hydrogen-bond donors (Lipinski definition) is 0. The van der Waals surface area contributed by atoms with Crippen molar-refractivity contribution in [3.63, 3.8) is 0 Å². The van der Waals surface area contributed by atoms with Gasteiger partial charge in [0.2, 0.25) is 5.91 Å². The second-order valence-electron chi connectivity index (χ2n) is 5.98. The Morgan fingerprint density at radius 3 is 2.59 bits per heavy atom. The molecule has 0 aromatic heterocycles. The predicted molar refractivity (Wildman–Crippen MR) is 78.4 cm³/mol. The number of carbonyl (C=O) groups excluding carboxylic acids is 1. The molecule has 2 saturated heterocycles. The summed E-state index contributed by atoms with van der Waals surface area (Å²) >= 11 is 0. The van der Waals surface area contributed by atoms with E-state index in [-0.39, 0.29) is 24.0 Å². The first-order chi connectivity index (χ1) is 10.3. The van der Waals surface area contributed by atoms with E-state index in [1.54, 1.807) is 32.0 Å². The molecule has 0 N–H and O–H groups in total. The molecule has 1 aromatic carbocycles. The molecule has 6 nitrogen and oxygen atoms in total. The van der Waals surface area contributed by atoms with Crippen LogP contribution in [-0.4, -0.2) is 43.2 Å². The lowest BCUT2D eigenvalue weighted by atomic mass is 9.99. The van der Waals surface area contributed by atoms with Crippen molar-refractivity contribution in [2.75, 3.05) is 6.61 Å². The molecule has 1 amide bonds. The van der Waals surface area contributed by atoms with Gasteiger partial charge in [-0.2, -0.15) is 0 Å². The molecule has 0 spiro atoms. The molecule has 0 bridgehead atoms. The van der Waals surface area contributed by atoms with E-state index in [0.717, 1.165) is 4.31 Å². The van der Waals surface area contributed by atoms with Crippen LogP contribution in [0.25, 0.3) is 0 Å². The quantitative estimate of drug-likeness (QED) is 0.824. The molecule has 120 valence electrons. The van der Waals surface area contributed by atoms with Gasteiger partial charge < -0.3 is 9.47 Å². The minimum atomic E-state index is -3.90. The summed E-state index contributed by atoms with van der Waals surface area (Å²) in [4.78, 5) is 12.4. The third-order valence-electron chi connectivity index (χ3n) is 3.96. The second-order valence-corrected chi connectivity index (χ2v) is 7.80. The number of fused-ring (bicyclic) bond motifs is 1. The lowest BCUT2D eigenvalue weighted by Crippen LogP contribution is -2.61. The van der Waals surface area contributed by atoms with Crippen molar-refractivity contribution in [1.29, 1.82) is 0 Å². The van der Waals surface area contributed by atoms with Crippen LogP contribution in [-0.2, 0) is 24.3 Å². The van der Waals surface area contributed by atoms with Crippen molar-refractivity contribution >= 4 is 15.9 Å². The molecule has 2 heterocycles. The molecule has 7 heteroatoms. The van der Waals surface area contributed by atoms with E-state index < -0.39 is 27.8 Å². The van der Waals surface area contributed by atoms with Crippen LogP contribution in [0.3, 0.4) is 0 Å². The number of benzene rings is 1. The van der Waals surface area contributed by atoms with Gasteiger partial charge in [-0.05, 0) is 32.4 Å². The first kappa shape index (κ1) is 15.5. The van der Waals surface area contributed by atoms with Crippen molar-refractivity contribution < 1.29 is 22.7 Å². The van der Waals surface area contributed by atoms with Gasteiger partial charge >= 0.3 is 0 Å². The molecule has 0 saturated carbocycles. The molecule has 22 heavy (non-hydrogen) atoms. The molecule has 2 atom stereocenters. The fourth-order valence-electron chi connectivity index (χ4n) is 2.92. The number of nitrogens with zero attached hydrogens (tertiary/aromatic N) is 1. The van der Waals surface area contributed by atoms with E-state index in [1.165, 1.54) is 12.1 Å². The van der Waals surface area contributed by atoms with E-state index in [4.69, 9.17) is 9.47 Å². The largest absolute Gasteiger partial charge is 0.348 e. The highest BCUT2D eigenvalue weighted by atomic mass is 32.2. The monoisotopic (exact) mass is 325 g/mol. The van der Waals surface area contributed by atoms with Crippen LogP contribution in [0.4, 0.5) is 0 Å². The van der Waals surface area contributed by atoms with E-state index >= 15 is 0 Å². The molecular weight excluding hydrogens is 306 g/mol. The van der Waals surface area contributed by atoms with Gasteiger partial charge in [-0.1, -0.05) is 18.2 Å². The minimum Gasteiger partial charge on any atom is -0.348 e. The van der Waals surface area contributed by atoms with Crippen LogP contribution in [0.2, 0.25) is 0 Å². The maximum absolute atomic E-state index is 12.8. The third-order valence-corrected chi connectivity index (χ3v) is 5.82. The van der Waals surface area contributed by atoms with Crippen molar-refractivity contribution in [3.05, 3.63) is 30.3 Å². The van der Waals surface area contributed by atoms with Crippen molar-refractivity contribution in [3.8, 4) is 0 Å². The van der Waals surface area contributed by atoms with E-state index in [2.05, 4.69) is 0 Å². The number of rotatable bonds is 2. The number of amides is 1. The summed E-state index contributed by atoms with van der Waals surface area (Å²) in [5.41, 5.74) is 0. The number of sulfonamides is 1. The van der Waals surface area contributed by atoms with E-state index in [0.29, 0.717) is 6.42 Å². The highest BCUT2D eigenvalue weighted by Gasteiger charge is 2.48. The van der Waals surface area contributed by atoms with Crippen molar-refractivity contribution in [2.45, 2.75) is 49.5 Å². The van der Waals surface area contributed by atoms with Gasteiger partial charge in [-0.3, -0.25) is 4.79 Å². The van der Waals surface area contributed by atoms with Gasteiger partial charge in [0, 0.05) is 6.42 Å². The van der Waals surface area contributed by atoms with Crippen LogP contribution in [0, 0.1) is 0 Å². The zero-order valence-electron chi connectivity index (χ0n) is 12.6. The summed E-state index contributed by atoms with van der Waals surface area (Å²) in [5, 5.41) is 0. The summed E-state index contributed by atoms with van der Waals surface area (Å²) in [5.74, 6) is -1.17. The Bertz CT molecular complexity index is 670. The molecule has 3 rings (SSSR count). The lowest BCUT2D eigenvalue weighted by molar-refractivity contribution is -0.292. The first-order valence-electron chi connectivity index (χ1n) is 7.25. The Morgan fingerprint density at radius 2 is 1.91 bits per heavy atom. The Kier molecular flexibility index (Phi) is 3.74. The molecule has 2 aliphatic rings. The maximum Gasteiger partial charge on any atom is 0.266 e. The molecule has 0 unspecified atom stereocenters. The lowest BCUT2D eigenvalue weighted by Gasteiger charge is -2.47. The number of carbonyl (C=O) groups is 1. The van der Waals surface area contributed by atoms with Crippen LogP contribution in [0.15, 0.2) is 35.2 Å². The normalized spacial score (nSPS) is 28.3. The van der Waals surface area contributed by atoms with E-state index in [9.17, 15) is 13.2 Å². The summed E-state index contributed by atoms with van der Waals surface area (Å²) in [6.45, 7) is 3.72. The highest BCUT2D eigenvalue weighted by Crippen LogP contribution is 2.34. The maximum atomic E-state index is 12.8. The molecule has 2 aliphatic heterocycles. The average Bonchev–Trinajstić information content (AvgIpc) is 2.47. The zero-order chi connectivity index (χ0) is 16.0. The standard InChI is InChI=1S/C15H19NO5S/c1-15(2)20-10-12-13(21-15)8-9-14(17)16(12)22(18,19)11-6-4-3-5-7-11/h3-7,12-13H,8-10H2,1-2H3/t12-,13-/m1/s1. The van der Waals surface area contributed by atoms with Crippen LogP contribution in [0.1, 0.15) is 26.7 Å². The van der Waals surface area contributed by atoms with Gasteiger partial charge in [-0.15, -0.1) is 0 Å². The molecule has 0 radical (unpaired) electrons. The number of ether oxygens (including phenoxy) is 2. The van der Waals surface area contributed by atoms with Crippen molar-refractivity contribution in [1.82, 2.24) is 4.31 Å². The minimum absolute atomic E-state index is 0.105. The van der Waals surface area contributed by atoms with Crippen LogP contribution in [0.5, 0.6) is 0 Å². The predicted octanol–water partition coefficient (Wildman–Crippen LogP) is 1.52. The van der Waals surface area contributed by atoms with Gasteiger partial charge in [0.05, 0.1) is 23.6 Å². The SMILES string of the molecule is CC1(C)OC[C@@H]2[C@@H](CCC(=O)N2S(=O)(=O)c2ccccc2)O1. The third kappa shape index (κ3) is 2.64. The van der Waals surface area contributed by atoms with Crippen LogP contribution < -0.4 is 0 Å².